The lowest BCUT2D eigenvalue weighted by Crippen LogP contribution is -2.43. The highest BCUT2D eigenvalue weighted by molar-refractivity contribution is 5.90. The van der Waals surface area contributed by atoms with Gasteiger partial charge in [-0.3, -0.25) is 4.68 Å². The normalized spacial score (nSPS) is 17.1. The minimum Gasteiger partial charge on any atom is -0.313 e. The molecular formula is C17H27N7O. The van der Waals surface area contributed by atoms with Crippen molar-refractivity contribution in [3.05, 3.63) is 23.0 Å². The zero-order valence-electron chi connectivity index (χ0n) is 15.9. The van der Waals surface area contributed by atoms with E-state index in [2.05, 4.69) is 39.0 Å². The standard InChI is InChI=1S/C17H27N7O/c1-7-24-12(5)14(11(4)21-24)18-17(25)22-8-9-23-15(10(2)3)19-20-16(23)13(22)6/h10,13H,7-9H2,1-6H3,(H,18,25). The number of carbonyl (C=O) groups is 1. The van der Waals surface area contributed by atoms with Gasteiger partial charge in [-0.25, -0.2) is 4.79 Å². The lowest BCUT2D eigenvalue weighted by molar-refractivity contribution is 0.171. The summed E-state index contributed by atoms with van der Waals surface area (Å²) in [6.45, 7) is 14.3. The van der Waals surface area contributed by atoms with Crippen molar-refractivity contribution in [3.8, 4) is 0 Å². The Morgan fingerprint density at radius 3 is 2.60 bits per heavy atom. The number of urea groups is 1. The number of nitrogens with one attached hydrogen (secondary N) is 1. The first-order chi connectivity index (χ1) is 11.8. The Morgan fingerprint density at radius 1 is 1.28 bits per heavy atom. The van der Waals surface area contributed by atoms with E-state index in [0.29, 0.717) is 12.5 Å². The lowest BCUT2D eigenvalue weighted by atomic mass is 10.1. The summed E-state index contributed by atoms with van der Waals surface area (Å²) in [5.41, 5.74) is 2.61. The molecule has 2 amide bonds. The van der Waals surface area contributed by atoms with E-state index in [1.54, 1.807) is 0 Å². The maximum Gasteiger partial charge on any atom is 0.322 e. The Morgan fingerprint density at radius 2 is 2.00 bits per heavy atom. The van der Waals surface area contributed by atoms with Crippen LogP contribution < -0.4 is 5.32 Å². The number of hydrogen-bond acceptors (Lipinski definition) is 4. The fourth-order valence-electron chi connectivity index (χ4n) is 3.48. The maximum absolute atomic E-state index is 12.9. The molecule has 0 radical (unpaired) electrons. The molecule has 0 spiro atoms. The third kappa shape index (κ3) is 2.89. The van der Waals surface area contributed by atoms with Gasteiger partial charge in [0.25, 0.3) is 0 Å². The van der Waals surface area contributed by atoms with Crippen molar-refractivity contribution in [2.75, 3.05) is 11.9 Å². The minimum absolute atomic E-state index is 0.115. The van der Waals surface area contributed by atoms with E-state index >= 15 is 0 Å². The molecule has 0 saturated carbocycles. The summed E-state index contributed by atoms with van der Waals surface area (Å²) in [6, 6.07) is -0.231. The molecule has 2 aromatic heterocycles. The Labute approximate surface area is 148 Å². The molecule has 1 atom stereocenters. The molecule has 0 saturated heterocycles. The Balaban J connectivity index is 1.81. The molecule has 3 heterocycles. The largest absolute Gasteiger partial charge is 0.322 e. The summed E-state index contributed by atoms with van der Waals surface area (Å²) in [7, 11) is 0. The van der Waals surface area contributed by atoms with Crippen LogP contribution in [-0.4, -0.2) is 42.0 Å². The highest BCUT2D eigenvalue weighted by Gasteiger charge is 2.32. The molecule has 0 aromatic carbocycles. The van der Waals surface area contributed by atoms with E-state index in [1.807, 2.05) is 37.3 Å². The quantitative estimate of drug-likeness (QED) is 0.927. The van der Waals surface area contributed by atoms with E-state index < -0.39 is 0 Å². The highest BCUT2D eigenvalue weighted by atomic mass is 16.2. The van der Waals surface area contributed by atoms with Crippen LogP contribution in [0, 0.1) is 13.8 Å². The predicted octanol–water partition coefficient (Wildman–Crippen LogP) is 2.84. The number of fused-ring (bicyclic) bond motifs is 1. The zero-order chi connectivity index (χ0) is 18.3. The monoisotopic (exact) mass is 345 g/mol. The van der Waals surface area contributed by atoms with Crippen LogP contribution in [0.25, 0.3) is 0 Å². The van der Waals surface area contributed by atoms with Crippen molar-refractivity contribution < 1.29 is 4.79 Å². The van der Waals surface area contributed by atoms with Gasteiger partial charge < -0.3 is 14.8 Å². The second-order valence-corrected chi connectivity index (χ2v) is 6.88. The first-order valence-electron chi connectivity index (χ1n) is 8.89. The molecule has 0 aliphatic carbocycles. The smallest absolute Gasteiger partial charge is 0.313 e. The number of nitrogens with zero attached hydrogens (tertiary/aromatic N) is 6. The van der Waals surface area contributed by atoms with Gasteiger partial charge in [-0.05, 0) is 27.7 Å². The first-order valence-corrected chi connectivity index (χ1v) is 8.89. The molecule has 3 rings (SSSR count). The molecule has 8 nitrogen and oxygen atoms in total. The number of rotatable bonds is 3. The van der Waals surface area contributed by atoms with Gasteiger partial charge in [0.05, 0.1) is 23.1 Å². The molecule has 136 valence electrons. The lowest BCUT2D eigenvalue weighted by Gasteiger charge is -2.34. The van der Waals surface area contributed by atoms with Crippen molar-refractivity contribution in [2.24, 2.45) is 0 Å². The predicted molar refractivity (Wildman–Crippen MR) is 95.6 cm³/mol. The van der Waals surface area contributed by atoms with Crippen LogP contribution in [0.4, 0.5) is 10.5 Å². The van der Waals surface area contributed by atoms with Gasteiger partial charge in [0.1, 0.15) is 5.82 Å². The van der Waals surface area contributed by atoms with Crippen LogP contribution in [0.1, 0.15) is 62.7 Å². The van der Waals surface area contributed by atoms with Gasteiger partial charge in [-0.15, -0.1) is 10.2 Å². The third-order valence-corrected chi connectivity index (χ3v) is 4.90. The summed E-state index contributed by atoms with van der Waals surface area (Å²) in [5, 5.41) is 16.1. The van der Waals surface area contributed by atoms with Gasteiger partial charge in [-0.2, -0.15) is 5.10 Å². The van der Waals surface area contributed by atoms with Crippen LogP contribution in [0.5, 0.6) is 0 Å². The molecule has 25 heavy (non-hydrogen) atoms. The Kier molecular flexibility index (Phi) is 4.53. The van der Waals surface area contributed by atoms with Crippen molar-refractivity contribution >= 4 is 11.7 Å². The number of anilines is 1. The summed E-state index contributed by atoms with van der Waals surface area (Å²) in [5.74, 6) is 2.15. The Bertz CT molecular complexity index is 789. The second kappa shape index (κ2) is 6.50. The number of carbonyl (C=O) groups excluding carboxylic acids is 1. The molecule has 1 aliphatic heterocycles. The van der Waals surface area contributed by atoms with Crippen molar-refractivity contribution in [3.63, 3.8) is 0 Å². The summed E-state index contributed by atoms with van der Waals surface area (Å²) >= 11 is 0. The molecule has 1 aliphatic rings. The number of amides is 2. The average Bonchev–Trinajstić information content (AvgIpc) is 3.12. The summed E-state index contributed by atoms with van der Waals surface area (Å²) in [4.78, 5) is 14.7. The summed E-state index contributed by atoms with van der Waals surface area (Å²) in [6.07, 6.45) is 0. The van der Waals surface area contributed by atoms with Gasteiger partial charge >= 0.3 is 6.03 Å². The van der Waals surface area contributed by atoms with E-state index in [4.69, 9.17) is 0 Å². The minimum atomic E-state index is -0.116. The number of hydrogen-bond donors (Lipinski definition) is 1. The van der Waals surface area contributed by atoms with E-state index in [-0.39, 0.29) is 12.1 Å². The van der Waals surface area contributed by atoms with Crippen molar-refractivity contribution in [1.82, 2.24) is 29.4 Å². The van der Waals surface area contributed by atoms with Gasteiger partial charge in [0, 0.05) is 25.6 Å². The number of aromatic nitrogens is 5. The van der Waals surface area contributed by atoms with Crippen LogP contribution in [0.2, 0.25) is 0 Å². The zero-order valence-corrected chi connectivity index (χ0v) is 15.9. The average molecular weight is 345 g/mol. The van der Waals surface area contributed by atoms with Crippen LogP contribution >= 0.6 is 0 Å². The highest BCUT2D eigenvalue weighted by Crippen LogP contribution is 2.28. The van der Waals surface area contributed by atoms with Gasteiger partial charge in [0.2, 0.25) is 0 Å². The van der Waals surface area contributed by atoms with Crippen molar-refractivity contribution in [2.45, 2.75) is 66.6 Å². The van der Waals surface area contributed by atoms with Gasteiger partial charge in [-0.1, -0.05) is 13.8 Å². The van der Waals surface area contributed by atoms with Crippen molar-refractivity contribution in [1.29, 1.82) is 0 Å². The van der Waals surface area contributed by atoms with Gasteiger partial charge in [0.15, 0.2) is 5.82 Å². The fraction of sp³-hybridized carbons (Fsp3) is 0.647. The topological polar surface area (TPSA) is 80.9 Å². The van der Waals surface area contributed by atoms with E-state index in [1.165, 1.54) is 0 Å². The fourth-order valence-corrected chi connectivity index (χ4v) is 3.48. The van der Waals surface area contributed by atoms with Crippen LogP contribution in [-0.2, 0) is 13.1 Å². The number of aryl methyl sites for hydroxylation is 2. The third-order valence-electron chi connectivity index (χ3n) is 4.90. The Hall–Kier alpha value is -2.38. The van der Waals surface area contributed by atoms with E-state index in [0.717, 1.165) is 41.8 Å². The summed E-state index contributed by atoms with van der Waals surface area (Å²) < 4.78 is 4.04. The molecule has 0 fully saturated rings. The van der Waals surface area contributed by atoms with E-state index in [9.17, 15) is 4.79 Å². The SMILES string of the molecule is CCn1nc(C)c(NC(=O)N2CCn3c(C(C)C)nnc3C2C)c1C. The first kappa shape index (κ1) is 17.4. The molecule has 8 heteroatoms. The maximum atomic E-state index is 12.9. The molecule has 1 unspecified atom stereocenters. The molecule has 1 N–H and O–H groups in total. The van der Waals surface area contributed by atoms with Crippen LogP contribution in [0.15, 0.2) is 0 Å². The molecule has 2 aromatic rings. The molecule has 0 bridgehead atoms. The molecular weight excluding hydrogens is 318 g/mol. The second-order valence-electron chi connectivity index (χ2n) is 6.88. The van der Waals surface area contributed by atoms with Crippen LogP contribution in [0.3, 0.4) is 0 Å².